The van der Waals surface area contributed by atoms with Gasteiger partial charge in [0.15, 0.2) is 0 Å². The SMILES string of the molecule is CC1CCC(CNS(=O)(=O)c2ncn(C)c2Cl)C1. The van der Waals surface area contributed by atoms with Crippen molar-refractivity contribution < 1.29 is 8.42 Å². The molecule has 18 heavy (non-hydrogen) atoms. The summed E-state index contributed by atoms with van der Waals surface area (Å²) in [5.74, 6) is 1.12. The van der Waals surface area contributed by atoms with E-state index in [4.69, 9.17) is 11.6 Å². The molecule has 1 heterocycles. The van der Waals surface area contributed by atoms with E-state index in [9.17, 15) is 8.42 Å². The fourth-order valence-corrected chi connectivity index (χ4v) is 3.92. The number of halogens is 1. The van der Waals surface area contributed by atoms with Crippen LogP contribution in [0, 0.1) is 11.8 Å². The molecular weight excluding hydrogens is 274 g/mol. The lowest BCUT2D eigenvalue weighted by molar-refractivity contribution is 0.497. The summed E-state index contributed by atoms with van der Waals surface area (Å²) < 4.78 is 28.2. The largest absolute Gasteiger partial charge is 0.324 e. The first-order chi connectivity index (χ1) is 8.40. The Bertz CT molecular complexity index is 526. The molecule has 2 unspecified atom stereocenters. The summed E-state index contributed by atoms with van der Waals surface area (Å²) in [6.45, 7) is 2.67. The minimum absolute atomic E-state index is 0.0855. The molecule has 1 N–H and O–H groups in total. The van der Waals surface area contributed by atoms with E-state index in [1.807, 2.05) is 0 Å². The molecule has 1 aromatic heterocycles. The summed E-state index contributed by atoms with van der Waals surface area (Å²) in [7, 11) is -1.93. The summed E-state index contributed by atoms with van der Waals surface area (Å²) in [5, 5.41) is 0.0556. The van der Waals surface area contributed by atoms with Gasteiger partial charge in [-0.1, -0.05) is 24.9 Å². The second-order valence-corrected chi connectivity index (χ2v) is 7.13. The van der Waals surface area contributed by atoms with Crippen LogP contribution in [0.5, 0.6) is 0 Å². The molecule has 0 radical (unpaired) electrons. The van der Waals surface area contributed by atoms with E-state index in [-0.39, 0.29) is 10.2 Å². The van der Waals surface area contributed by atoms with Crippen molar-refractivity contribution in [2.45, 2.75) is 31.2 Å². The molecule has 1 aromatic rings. The molecule has 102 valence electrons. The molecule has 0 aliphatic heterocycles. The average Bonchev–Trinajstić information content (AvgIpc) is 2.85. The Labute approximate surface area is 113 Å². The third-order valence-electron chi connectivity index (χ3n) is 3.45. The van der Waals surface area contributed by atoms with Crippen LogP contribution in [0.1, 0.15) is 26.2 Å². The van der Waals surface area contributed by atoms with Gasteiger partial charge >= 0.3 is 0 Å². The molecule has 1 aliphatic carbocycles. The lowest BCUT2D eigenvalue weighted by Gasteiger charge is -2.10. The van der Waals surface area contributed by atoms with E-state index in [0.717, 1.165) is 12.8 Å². The van der Waals surface area contributed by atoms with Crippen molar-refractivity contribution >= 4 is 21.6 Å². The predicted molar refractivity (Wildman–Crippen MR) is 69.9 cm³/mol. The number of sulfonamides is 1. The van der Waals surface area contributed by atoms with Crippen LogP contribution < -0.4 is 4.72 Å². The van der Waals surface area contributed by atoms with Gasteiger partial charge in [0.1, 0.15) is 5.15 Å². The highest BCUT2D eigenvalue weighted by atomic mass is 35.5. The van der Waals surface area contributed by atoms with Crippen molar-refractivity contribution in [2.75, 3.05) is 6.54 Å². The molecular formula is C11H18ClN3O2S. The summed E-state index contributed by atoms with van der Waals surface area (Å²) in [4.78, 5) is 3.83. The second kappa shape index (κ2) is 5.19. The standard InChI is InChI=1S/C11H18ClN3O2S/c1-8-3-4-9(5-8)6-14-18(16,17)11-10(12)15(2)7-13-11/h7-9,14H,3-6H2,1-2H3. The second-order valence-electron chi connectivity index (χ2n) is 5.09. The van der Waals surface area contributed by atoms with Crippen molar-refractivity contribution in [2.24, 2.45) is 18.9 Å². The zero-order valence-electron chi connectivity index (χ0n) is 10.6. The lowest BCUT2D eigenvalue weighted by atomic mass is 10.1. The minimum atomic E-state index is -3.59. The van der Waals surface area contributed by atoms with Crippen LogP contribution in [-0.2, 0) is 17.1 Å². The van der Waals surface area contributed by atoms with Gasteiger partial charge in [0.05, 0.1) is 6.33 Å². The zero-order valence-corrected chi connectivity index (χ0v) is 12.1. The van der Waals surface area contributed by atoms with Gasteiger partial charge in [-0.2, -0.15) is 0 Å². The van der Waals surface area contributed by atoms with Gasteiger partial charge < -0.3 is 4.57 Å². The van der Waals surface area contributed by atoms with Gasteiger partial charge in [-0.15, -0.1) is 0 Å². The van der Waals surface area contributed by atoms with Crippen LogP contribution in [0.3, 0.4) is 0 Å². The highest BCUT2D eigenvalue weighted by Gasteiger charge is 2.26. The van der Waals surface area contributed by atoms with Gasteiger partial charge in [-0.05, 0) is 24.7 Å². The predicted octanol–water partition coefficient (Wildman–Crippen LogP) is 1.79. The van der Waals surface area contributed by atoms with Gasteiger partial charge in [0.25, 0.3) is 10.0 Å². The molecule has 7 heteroatoms. The highest BCUT2D eigenvalue weighted by molar-refractivity contribution is 7.89. The van der Waals surface area contributed by atoms with Crippen LogP contribution in [-0.4, -0.2) is 24.5 Å². The molecule has 1 fully saturated rings. The Morgan fingerprint density at radius 1 is 1.56 bits per heavy atom. The van der Waals surface area contributed by atoms with Crippen LogP contribution in [0.2, 0.25) is 5.15 Å². The van der Waals surface area contributed by atoms with E-state index in [0.29, 0.717) is 18.4 Å². The number of hydrogen-bond donors (Lipinski definition) is 1. The number of hydrogen-bond acceptors (Lipinski definition) is 3. The molecule has 2 rings (SSSR count). The average molecular weight is 292 g/mol. The Hall–Kier alpha value is -0.590. The Morgan fingerprint density at radius 2 is 2.28 bits per heavy atom. The van der Waals surface area contributed by atoms with Gasteiger partial charge in [0.2, 0.25) is 5.03 Å². The van der Waals surface area contributed by atoms with E-state index in [1.54, 1.807) is 7.05 Å². The van der Waals surface area contributed by atoms with E-state index in [1.165, 1.54) is 17.3 Å². The quantitative estimate of drug-likeness (QED) is 0.920. The Morgan fingerprint density at radius 3 is 2.78 bits per heavy atom. The van der Waals surface area contributed by atoms with Crippen LogP contribution in [0.25, 0.3) is 0 Å². The molecule has 2 atom stereocenters. The first kappa shape index (κ1) is 13.8. The maximum absolute atomic E-state index is 12.0. The fourth-order valence-electron chi connectivity index (χ4n) is 2.38. The van der Waals surface area contributed by atoms with E-state index < -0.39 is 10.0 Å². The van der Waals surface area contributed by atoms with Crippen molar-refractivity contribution in [3.05, 3.63) is 11.5 Å². The lowest BCUT2D eigenvalue weighted by Crippen LogP contribution is -2.29. The topological polar surface area (TPSA) is 64.0 Å². The first-order valence-corrected chi connectivity index (χ1v) is 7.92. The summed E-state index contributed by atoms with van der Waals surface area (Å²) >= 11 is 5.89. The van der Waals surface area contributed by atoms with Gasteiger partial charge in [0, 0.05) is 13.6 Å². The van der Waals surface area contributed by atoms with E-state index >= 15 is 0 Å². The molecule has 0 saturated heterocycles. The number of nitrogens with one attached hydrogen (secondary N) is 1. The molecule has 0 amide bonds. The van der Waals surface area contributed by atoms with Crippen molar-refractivity contribution in [3.8, 4) is 0 Å². The van der Waals surface area contributed by atoms with Gasteiger partial charge in [-0.3, -0.25) is 0 Å². The monoisotopic (exact) mass is 291 g/mol. The maximum atomic E-state index is 12.0. The summed E-state index contributed by atoms with van der Waals surface area (Å²) in [6, 6.07) is 0. The summed E-state index contributed by atoms with van der Waals surface area (Å²) in [6.07, 6.45) is 4.74. The number of nitrogens with zero attached hydrogens (tertiary/aromatic N) is 2. The normalized spacial score (nSPS) is 24.6. The number of aryl methyl sites for hydroxylation is 1. The summed E-state index contributed by atoms with van der Waals surface area (Å²) in [5.41, 5.74) is 0. The number of aromatic nitrogens is 2. The third-order valence-corrected chi connectivity index (χ3v) is 5.37. The molecule has 0 bridgehead atoms. The first-order valence-electron chi connectivity index (χ1n) is 6.06. The Balaban J connectivity index is 2.02. The van der Waals surface area contributed by atoms with Crippen molar-refractivity contribution in [3.63, 3.8) is 0 Å². The van der Waals surface area contributed by atoms with Crippen molar-refractivity contribution in [1.82, 2.24) is 14.3 Å². The van der Waals surface area contributed by atoms with Gasteiger partial charge in [-0.25, -0.2) is 18.1 Å². The molecule has 0 aromatic carbocycles. The van der Waals surface area contributed by atoms with E-state index in [2.05, 4.69) is 16.6 Å². The number of rotatable bonds is 4. The molecule has 1 saturated carbocycles. The minimum Gasteiger partial charge on any atom is -0.324 e. The zero-order chi connectivity index (χ0) is 13.3. The smallest absolute Gasteiger partial charge is 0.261 e. The number of imidazole rings is 1. The van der Waals surface area contributed by atoms with Crippen LogP contribution in [0.4, 0.5) is 0 Å². The molecule has 0 spiro atoms. The van der Waals surface area contributed by atoms with Crippen LogP contribution in [0.15, 0.2) is 11.4 Å². The van der Waals surface area contributed by atoms with Crippen LogP contribution >= 0.6 is 11.6 Å². The fraction of sp³-hybridized carbons (Fsp3) is 0.727. The molecule has 1 aliphatic rings. The third kappa shape index (κ3) is 2.87. The maximum Gasteiger partial charge on any atom is 0.261 e. The molecule has 5 nitrogen and oxygen atoms in total. The highest BCUT2D eigenvalue weighted by Crippen LogP contribution is 2.30. The Kier molecular flexibility index (Phi) is 3.99. The van der Waals surface area contributed by atoms with Crippen molar-refractivity contribution in [1.29, 1.82) is 0 Å².